The molecule has 0 aliphatic rings. The molecule has 0 saturated carbocycles. The first kappa shape index (κ1) is 19.2. The van der Waals surface area contributed by atoms with Gasteiger partial charge in [-0.3, -0.25) is 14.7 Å². The zero-order valence-electron chi connectivity index (χ0n) is 15.8. The zero-order valence-corrected chi connectivity index (χ0v) is 17.4. The molecule has 0 bridgehead atoms. The van der Waals surface area contributed by atoms with E-state index in [-0.39, 0.29) is 24.6 Å². The molecule has 0 aromatic carbocycles. The third-order valence-corrected chi connectivity index (χ3v) is 6.21. The second-order valence-corrected chi connectivity index (χ2v) is 8.48. The summed E-state index contributed by atoms with van der Waals surface area (Å²) in [4.78, 5) is 30.8. The first-order chi connectivity index (χ1) is 14.0. The Morgan fingerprint density at radius 1 is 1.28 bits per heavy atom. The third kappa shape index (κ3) is 4.17. The van der Waals surface area contributed by atoms with Crippen molar-refractivity contribution in [2.45, 2.75) is 20.4 Å². The van der Waals surface area contributed by atoms with E-state index in [1.165, 1.54) is 22.1 Å². The highest BCUT2D eigenvalue weighted by Gasteiger charge is 2.13. The van der Waals surface area contributed by atoms with Crippen LogP contribution in [-0.2, 0) is 6.54 Å². The van der Waals surface area contributed by atoms with E-state index in [0.29, 0.717) is 11.4 Å². The molecule has 2 N–H and O–H groups in total. The molecule has 0 aliphatic carbocycles. The summed E-state index contributed by atoms with van der Waals surface area (Å²) in [7, 11) is 0. The van der Waals surface area contributed by atoms with Crippen molar-refractivity contribution in [2.75, 3.05) is 6.54 Å². The van der Waals surface area contributed by atoms with Gasteiger partial charge in [0.15, 0.2) is 5.69 Å². The van der Waals surface area contributed by atoms with Gasteiger partial charge in [-0.05, 0) is 37.4 Å². The number of aryl methyl sites for hydroxylation is 2. The minimum absolute atomic E-state index is 0.221. The minimum Gasteiger partial charge on any atom is -0.349 e. The Morgan fingerprint density at radius 3 is 2.86 bits per heavy atom. The minimum atomic E-state index is -0.304. The molecule has 8 nitrogen and oxygen atoms in total. The molecule has 4 aromatic heterocycles. The lowest BCUT2D eigenvalue weighted by Gasteiger charge is -2.07. The van der Waals surface area contributed by atoms with E-state index in [1.807, 2.05) is 31.4 Å². The lowest BCUT2D eigenvalue weighted by molar-refractivity contribution is 0.0946. The maximum Gasteiger partial charge on any atom is 0.271 e. The summed E-state index contributed by atoms with van der Waals surface area (Å²) < 4.78 is 1.35. The SMILES string of the molecule is Cc1nc(C)c(-c2ccc(=O)n(CCNC(=O)c3cc(-c4cccs4)[nH]n3)n2)s1. The molecule has 0 saturated heterocycles. The smallest absolute Gasteiger partial charge is 0.271 e. The predicted octanol–water partition coefficient (Wildman–Crippen LogP) is 2.87. The molecule has 1 amide bonds. The summed E-state index contributed by atoms with van der Waals surface area (Å²) in [5.74, 6) is -0.304. The number of nitrogens with zero attached hydrogens (tertiary/aromatic N) is 4. The van der Waals surface area contributed by atoms with E-state index < -0.39 is 0 Å². The topological polar surface area (TPSA) is 106 Å². The molecule has 0 atom stereocenters. The fraction of sp³-hybridized carbons (Fsp3) is 0.211. The van der Waals surface area contributed by atoms with Gasteiger partial charge in [-0.25, -0.2) is 9.67 Å². The number of thiazole rings is 1. The van der Waals surface area contributed by atoms with Crippen LogP contribution in [-0.4, -0.2) is 37.4 Å². The number of aromatic amines is 1. The number of hydrogen-bond donors (Lipinski definition) is 2. The molecule has 0 spiro atoms. The lowest BCUT2D eigenvalue weighted by atomic mass is 10.3. The van der Waals surface area contributed by atoms with Crippen molar-refractivity contribution in [3.63, 3.8) is 0 Å². The third-order valence-electron chi connectivity index (χ3n) is 4.21. The molecular formula is C19H18N6O2S2. The average Bonchev–Trinajstić information content (AvgIpc) is 3.43. The fourth-order valence-electron chi connectivity index (χ4n) is 2.86. The maximum absolute atomic E-state index is 12.3. The van der Waals surface area contributed by atoms with Crippen LogP contribution in [0, 0.1) is 13.8 Å². The van der Waals surface area contributed by atoms with Crippen LogP contribution in [0.1, 0.15) is 21.2 Å². The van der Waals surface area contributed by atoms with Gasteiger partial charge in [-0.2, -0.15) is 10.2 Å². The van der Waals surface area contributed by atoms with Crippen LogP contribution in [0.2, 0.25) is 0 Å². The molecule has 0 fully saturated rings. The summed E-state index contributed by atoms with van der Waals surface area (Å²) in [5.41, 5.74) is 2.47. The van der Waals surface area contributed by atoms with Gasteiger partial charge in [0.05, 0.1) is 32.7 Å². The number of nitrogens with one attached hydrogen (secondary N) is 2. The van der Waals surface area contributed by atoms with Crippen molar-refractivity contribution in [2.24, 2.45) is 0 Å². The van der Waals surface area contributed by atoms with Gasteiger partial charge >= 0.3 is 0 Å². The summed E-state index contributed by atoms with van der Waals surface area (Å²) in [6, 6.07) is 8.79. The van der Waals surface area contributed by atoms with Crippen LogP contribution >= 0.6 is 22.7 Å². The molecule has 4 heterocycles. The number of amides is 1. The van der Waals surface area contributed by atoms with Gasteiger partial charge in [-0.1, -0.05) is 6.07 Å². The van der Waals surface area contributed by atoms with Gasteiger partial charge in [0, 0.05) is 12.6 Å². The van der Waals surface area contributed by atoms with Gasteiger partial charge in [-0.15, -0.1) is 22.7 Å². The van der Waals surface area contributed by atoms with Crippen molar-refractivity contribution in [1.29, 1.82) is 0 Å². The average molecular weight is 427 g/mol. The lowest BCUT2D eigenvalue weighted by Crippen LogP contribution is -2.32. The quantitative estimate of drug-likeness (QED) is 0.493. The Balaban J connectivity index is 1.42. The second-order valence-electron chi connectivity index (χ2n) is 6.33. The van der Waals surface area contributed by atoms with Gasteiger partial charge in [0.1, 0.15) is 5.69 Å². The Labute approximate surface area is 174 Å². The molecule has 0 radical (unpaired) electrons. The van der Waals surface area contributed by atoms with Gasteiger partial charge < -0.3 is 5.32 Å². The van der Waals surface area contributed by atoms with Crippen LogP contribution < -0.4 is 10.9 Å². The maximum atomic E-state index is 12.3. The first-order valence-electron chi connectivity index (χ1n) is 8.91. The van der Waals surface area contributed by atoms with E-state index in [9.17, 15) is 9.59 Å². The molecule has 10 heteroatoms. The number of rotatable bonds is 6. The number of carbonyl (C=O) groups excluding carboxylic acids is 1. The summed E-state index contributed by atoms with van der Waals surface area (Å²) >= 11 is 3.11. The molecule has 4 rings (SSSR count). The highest BCUT2D eigenvalue weighted by molar-refractivity contribution is 7.15. The van der Waals surface area contributed by atoms with E-state index in [0.717, 1.165) is 26.1 Å². The van der Waals surface area contributed by atoms with Crippen LogP contribution in [0.5, 0.6) is 0 Å². The van der Waals surface area contributed by atoms with Crippen molar-refractivity contribution in [3.05, 3.63) is 62.5 Å². The number of thiophene rings is 1. The highest BCUT2D eigenvalue weighted by atomic mass is 32.1. The summed E-state index contributed by atoms with van der Waals surface area (Å²) in [6.07, 6.45) is 0. The van der Waals surface area contributed by atoms with Crippen molar-refractivity contribution >= 4 is 28.6 Å². The monoisotopic (exact) mass is 426 g/mol. The Bertz CT molecular complexity index is 1210. The van der Waals surface area contributed by atoms with Gasteiger partial charge in [0.25, 0.3) is 11.5 Å². The van der Waals surface area contributed by atoms with Crippen LogP contribution in [0.3, 0.4) is 0 Å². The van der Waals surface area contributed by atoms with E-state index in [2.05, 4.69) is 25.6 Å². The summed E-state index contributed by atoms with van der Waals surface area (Å²) in [5, 5.41) is 17.0. The molecule has 0 aliphatic heterocycles. The van der Waals surface area contributed by atoms with Crippen molar-refractivity contribution < 1.29 is 4.79 Å². The van der Waals surface area contributed by atoms with Crippen LogP contribution in [0.4, 0.5) is 0 Å². The number of hydrogen-bond acceptors (Lipinski definition) is 7. The molecule has 0 unspecified atom stereocenters. The number of H-pyrrole nitrogens is 1. The summed E-state index contributed by atoms with van der Waals surface area (Å²) in [6.45, 7) is 4.38. The predicted molar refractivity (Wildman–Crippen MR) is 113 cm³/mol. The Kier molecular flexibility index (Phi) is 5.36. The first-order valence-corrected chi connectivity index (χ1v) is 10.6. The zero-order chi connectivity index (χ0) is 20.4. The Morgan fingerprint density at radius 2 is 2.14 bits per heavy atom. The molecule has 29 heavy (non-hydrogen) atoms. The van der Waals surface area contributed by atoms with E-state index >= 15 is 0 Å². The Hall–Kier alpha value is -3.11. The van der Waals surface area contributed by atoms with E-state index in [1.54, 1.807) is 23.5 Å². The fourth-order valence-corrected chi connectivity index (χ4v) is 4.44. The van der Waals surface area contributed by atoms with Crippen molar-refractivity contribution in [1.82, 2.24) is 30.3 Å². The molecule has 148 valence electrons. The van der Waals surface area contributed by atoms with Crippen molar-refractivity contribution in [3.8, 4) is 21.1 Å². The standard InChI is InChI=1S/C19H18N6O2S2/c1-11-18(29-12(2)21-11)13-5-6-17(26)25(24-13)8-7-20-19(27)15-10-14(22-23-15)16-4-3-9-28-16/h3-6,9-10H,7-8H2,1-2H3,(H,20,27)(H,22,23). The molecule has 4 aromatic rings. The number of carbonyl (C=O) groups is 1. The largest absolute Gasteiger partial charge is 0.349 e. The molecular weight excluding hydrogens is 408 g/mol. The number of aromatic nitrogens is 5. The van der Waals surface area contributed by atoms with Crippen LogP contribution in [0.15, 0.2) is 40.5 Å². The highest BCUT2D eigenvalue weighted by Crippen LogP contribution is 2.27. The normalized spacial score (nSPS) is 11.0. The van der Waals surface area contributed by atoms with Crippen LogP contribution in [0.25, 0.3) is 21.1 Å². The second kappa shape index (κ2) is 8.10. The van der Waals surface area contributed by atoms with E-state index in [4.69, 9.17) is 0 Å². The van der Waals surface area contributed by atoms with Gasteiger partial charge in [0.2, 0.25) is 0 Å².